The number of morpholine rings is 1. The van der Waals surface area contributed by atoms with Crippen LogP contribution < -0.4 is 5.32 Å². The summed E-state index contributed by atoms with van der Waals surface area (Å²) in [6.45, 7) is 8.04. The number of nitrogens with zero attached hydrogens (tertiary/aromatic N) is 3. The molecule has 1 amide bonds. The van der Waals surface area contributed by atoms with E-state index in [4.69, 9.17) is 4.74 Å². The van der Waals surface area contributed by atoms with Gasteiger partial charge in [0.25, 0.3) is 0 Å². The number of amides is 1. The fourth-order valence-electron chi connectivity index (χ4n) is 4.52. The molecule has 1 fully saturated rings. The molecule has 2 aromatic carbocycles. The number of guanidine groups is 1. The number of benzene rings is 2. The number of aryl methyl sites for hydroxylation is 2. The molecule has 6 nitrogen and oxygen atoms in total. The minimum atomic E-state index is 0. The monoisotopic (exact) mass is 548 g/mol. The maximum absolute atomic E-state index is 12.8. The molecule has 2 heterocycles. The summed E-state index contributed by atoms with van der Waals surface area (Å²) in [4.78, 5) is 21.4. The molecule has 172 valence electrons. The Hall–Kier alpha value is -2.13. The van der Waals surface area contributed by atoms with Crippen LogP contribution in [0.3, 0.4) is 0 Å². The lowest BCUT2D eigenvalue weighted by Crippen LogP contribution is -2.51. The van der Waals surface area contributed by atoms with Crippen molar-refractivity contribution in [3.63, 3.8) is 0 Å². The second-order valence-corrected chi connectivity index (χ2v) is 8.40. The maximum atomic E-state index is 12.8. The van der Waals surface area contributed by atoms with E-state index in [9.17, 15) is 4.79 Å². The van der Waals surface area contributed by atoms with Crippen molar-refractivity contribution in [3.05, 3.63) is 70.3 Å². The molecular formula is C25H33IN4O2. The van der Waals surface area contributed by atoms with Crippen LogP contribution in [0.5, 0.6) is 0 Å². The van der Waals surface area contributed by atoms with Crippen LogP contribution in [0.4, 0.5) is 0 Å². The van der Waals surface area contributed by atoms with Crippen LogP contribution in [0.1, 0.15) is 33.9 Å². The summed E-state index contributed by atoms with van der Waals surface area (Å²) < 4.78 is 6.06. The van der Waals surface area contributed by atoms with Gasteiger partial charge in [-0.3, -0.25) is 9.79 Å². The van der Waals surface area contributed by atoms with Gasteiger partial charge in [-0.25, -0.2) is 0 Å². The van der Waals surface area contributed by atoms with E-state index in [0.29, 0.717) is 13.2 Å². The number of carbonyl (C=O) groups is 1. The van der Waals surface area contributed by atoms with Gasteiger partial charge in [0, 0.05) is 26.7 Å². The highest BCUT2D eigenvalue weighted by Crippen LogP contribution is 2.26. The van der Waals surface area contributed by atoms with Crippen LogP contribution in [0.25, 0.3) is 0 Å². The molecule has 4 rings (SSSR count). The molecule has 0 aliphatic carbocycles. The largest absolute Gasteiger partial charge is 0.370 e. The van der Waals surface area contributed by atoms with Crippen molar-refractivity contribution >= 4 is 35.8 Å². The SMILES string of the molecule is CN=C(NCC(=O)N1CCc2ccccc2C1)N1CCOC(c2ccc(C)cc2C)C1.I. The Labute approximate surface area is 208 Å². The first-order chi connectivity index (χ1) is 15.0. The number of ether oxygens (including phenoxy) is 1. The van der Waals surface area contributed by atoms with E-state index in [2.05, 4.69) is 65.5 Å². The first kappa shape index (κ1) is 24.5. The van der Waals surface area contributed by atoms with E-state index in [1.54, 1.807) is 7.05 Å². The van der Waals surface area contributed by atoms with Gasteiger partial charge in [-0.05, 0) is 42.5 Å². The van der Waals surface area contributed by atoms with Crippen LogP contribution in [0.15, 0.2) is 47.5 Å². The molecule has 1 N–H and O–H groups in total. The Morgan fingerprint density at radius 3 is 2.66 bits per heavy atom. The van der Waals surface area contributed by atoms with Crippen LogP contribution in [0, 0.1) is 13.8 Å². The highest BCUT2D eigenvalue weighted by Gasteiger charge is 2.26. The van der Waals surface area contributed by atoms with Crippen molar-refractivity contribution in [1.82, 2.24) is 15.1 Å². The molecule has 0 bridgehead atoms. The smallest absolute Gasteiger partial charge is 0.242 e. The van der Waals surface area contributed by atoms with Gasteiger partial charge in [0.2, 0.25) is 5.91 Å². The molecule has 1 saturated heterocycles. The highest BCUT2D eigenvalue weighted by molar-refractivity contribution is 14.0. The van der Waals surface area contributed by atoms with Crippen molar-refractivity contribution in [1.29, 1.82) is 0 Å². The van der Waals surface area contributed by atoms with E-state index in [1.165, 1.54) is 27.8 Å². The maximum Gasteiger partial charge on any atom is 0.242 e. The van der Waals surface area contributed by atoms with Gasteiger partial charge in [0.15, 0.2) is 5.96 Å². The van der Waals surface area contributed by atoms with Crippen molar-refractivity contribution < 1.29 is 9.53 Å². The molecule has 2 aliphatic heterocycles. The molecule has 2 aromatic rings. The van der Waals surface area contributed by atoms with Crippen LogP contribution in [0.2, 0.25) is 0 Å². The summed E-state index contributed by atoms with van der Waals surface area (Å²) in [5, 5.41) is 3.29. The molecule has 2 aliphatic rings. The summed E-state index contributed by atoms with van der Waals surface area (Å²) in [6.07, 6.45) is 0.916. The van der Waals surface area contributed by atoms with E-state index < -0.39 is 0 Å². The second-order valence-electron chi connectivity index (χ2n) is 8.40. The van der Waals surface area contributed by atoms with Gasteiger partial charge in [-0.1, -0.05) is 48.0 Å². The quantitative estimate of drug-likeness (QED) is 0.363. The molecule has 1 atom stereocenters. The Morgan fingerprint density at radius 1 is 1.12 bits per heavy atom. The van der Waals surface area contributed by atoms with E-state index in [0.717, 1.165) is 32.0 Å². The number of hydrogen-bond donors (Lipinski definition) is 1. The molecule has 32 heavy (non-hydrogen) atoms. The molecule has 0 radical (unpaired) electrons. The van der Waals surface area contributed by atoms with Crippen LogP contribution in [-0.4, -0.2) is 61.5 Å². The molecule has 7 heteroatoms. The number of halogens is 1. The lowest BCUT2D eigenvalue weighted by atomic mass is 10.00. The van der Waals surface area contributed by atoms with Crippen LogP contribution in [-0.2, 0) is 22.5 Å². The number of hydrogen-bond acceptors (Lipinski definition) is 3. The average molecular weight is 548 g/mol. The van der Waals surface area contributed by atoms with Gasteiger partial charge < -0.3 is 19.9 Å². The van der Waals surface area contributed by atoms with Gasteiger partial charge in [-0.2, -0.15) is 0 Å². The van der Waals surface area contributed by atoms with Gasteiger partial charge in [0.05, 0.1) is 19.7 Å². The van der Waals surface area contributed by atoms with E-state index in [-0.39, 0.29) is 42.5 Å². The van der Waals surface area contributed by atoms with E-state index >= 15 is 0 Å². The van der Waals surface area contributed by atoms with Gasteiger partial charge >= 0.3 is 0 Å². The average Bonchev–Trinajstić information content (AvgIpc) is 2.79. The van der Waals surface area contributed by atoms with Crippen molar-refractivity contribution in [2.75, 3.05) is 39.8 Å². The highest BCUT2D eigenvalue weighted by atomic mass is 127. The number of carbonyl (C=O) groups excluding carboxylic acids is 1. The minimum absolute atomic E-state index is 0. The summed E-state index contributed by atoms with van der Waals surface area (Å²) in [7, 11) is 1.77. The van der Waals surface area contributed by atoms with Crippen molar-refractivity contribution in [3.8, 4) is 0 Å². The van der Waals surface area contributed by atoms with Crippen molar-refractivity contribution in [2.45, 2.75) is 32.9 Å². The Morgan fingerprint density at radius 2 is 1.91 bits per heavy atom. The first-order valence-electron chi connectivity index (χ1n) is 11.0. The Balaban J connectivity index is 0.00000289. The molecule has 0 saturated carbocycles. The summed E-state index contributed by atoms with van der Waals surface area (Å²) in [5.74, 6) is 0.860. The fourth-order valence-corrected chi connectivity index (χ4v) is 4.52. The first-order valence-corrected chi connectivity index (χ1v) is 11.0. The third kappa shape index (κ3) is 5.61. The molecule has 0 aromatic heterocycles. The van der Waals surface area contributed by atoms with Crippen molar-refractivity contribution in [2.24, 2.45) is 4.99 Å². The third-order valence-corrected chi connectivity index (χ3v) is 6.23. The predicted molar refractivity (Wildman–Crippen MR) is 139 cm³/mol. The third-order valence-electron chi connectivity index (χ3n) is 6.23. The zero-order valence-corrected chi connectivity index (χ0v) is 21.5. The van der Waals surface area contributed by atoms with Gasteiger partial charge in [-0.15, -0.1) is 24.0 Å². The predicted octanol–water partition coefficient (Wildman–Crippen LogP) is 3.46. The number of fused-ring (bicyclic) bond motifs is 1. The summed E-state index contributed by atoms with van der Waals surface area (Å²) >= 11 is 0. The number of aliphatic imine (C=N–C) groups is 1. The summed E-state index contributed by atoms with van der Waals surface area (Å²) in [6, 6.07) is 14.9. The van der Waals surface area contributed by atoms with E-state index in [1.807, 2.05) is 11.0 Å². The zero-order chi connectivity index (χ0) is 21.8. The fraction of sp³-hybridized carbons (Fsp3) is 0.440. The summed E-state index contributed by atoms with van der Waals surface area (Å²) in [5.41, 5.74) is 6.31. The van der Waals surface area contributed by atoms with Crippen LogP contribution >= 0.6 is 24.0 Å². The lowest BCUT2D eigenvalue weighted by molar-refractivity contribution is -0.130. The second kappa shape index (κ2) is 11.1. The number of nitrogens with one attached hydrogen (secondary N) is 1. The van der Waals surface area contributed by atoms with Gasteiger partial charge in [0.1, 0.15) is 6.10 Å². The normalized spacial score (nSPS) is 18.6. The molecule has 0 spiro atoms. The topological polar surface area (TPSA) is 57.2 Å². The molecule has 1 unspecified atom stereocenters. The zero-order valence-electron chi connectivity index (χ0n) is 19.1. The Kier molecular flexibility index (Phi) is 8.53. The minimum Gasteiger partial charge on any atom is -0.370 e. The standard InChI is InChI=1S/C25H32N4O2.HI/c1-18-8-9-22(19(2)14-18)23-17-29(12-13-31-23)25(26-3)27-15-24(30)28-11-10-20-6-4-5-7-21(20)16-28;/h4-9,14,23H,10-13,15-17H2,1-3H3,(H,26,27);1H. The molecular weight excluding hydrogens is 515 g/mol. The number of rotatable bonds is 3. The lowest BCUT2D eigenvalue weighted by Gasteiger charge is -2.36. The Bertz CT molecular complexity index is 978.